The predicted molar refractivity (Wildman–Crippen MR) is 154 cm³/mol. The summed E-state index contributed by atoms with van der Waals surface area (Å²) in [6.07, 6.45) is 0. The molecule has 1 atom stereocenters. The highest BCUT2D eigenvalue weighted by atomic mass is 32.1. The summed E-state index contributed by atoms with van der Waals surface area (Å²) in [6, 6.07) is 29.3. The first kappa shape index (κ1) is 27.8. The van der Waals surface area contributed by atoms with Crippen molar-refractivity contribution in [2.24, 2.45) is 0 Å². The van der Waals surface area contributed by atoms with Crippen molar-refractivity contribution in [1.82, 2.24) is 0 Å². The number of hydrogen-bond donors (Lipinski definition) is 1. The van der Waals surface area contributed by atoms with E-state index in [4.69, 9.17) is 9.47 Å². The van der Waals surface area contributed by atoms with Gasteiger partial charge in [0.15, 0.2) is 0 Å². The fraction of sp³-hybridized carbons (Fsp3) is 0.219. The topological polar surface area (TPSA) is 81.7 Å². The van der Waals surface area contributed by atoms with E-state index in [1.165, 1.54) is 0 Å². The summed E-state index contributed by atoms with van der Waals surface area (Å²) in [5.41, 5.74) is 3.37. The van der Waals surface area contributed by atoms with Crippen LogP contribution in [0.15, 0.2) is 91.0 Å². The molecule has 0 aliphatic rings. The van der Waals surface area contributed by atoms with E-state index in [1.807, 2.05) is 91.0 Å². The second-order valence-electron chi connectivity index (χ2n) is 8.88. The zero-order valence-electron chi connectivity index (χ0n) is 22.2. The van der Waals surface area contributed by atoms with Crippen molar-refractivity contribution >= 4 is 34.2 Å². The van der Waals surface area contributed by atoms with E-state index in [0.717, 1.165) is 28.0 Å². The number of rotatable bonds is 10. The van der Waals surface area contributed by atoms with E-state index >= 15 is 0 Å². The lowest BCUT2D eigenvalue weighted by molar-refractivity contribution is -0.117. The highest BCUT2D eigenvalue weighted by Gasteiger charge is 2.35. The van der Waals surface area contributed by atoms with Crippen LogP contribution in [0.4, 0.5) is 5.00 Å². The molecule has 0 saturated heterocycles. The Morgan fingerprint density at radius 2 is 1.18 bits per heavy atom. The van der Waals surface area contributed by atoms with Crippen LogP contribution in [0.5, 0.6) is 0 Å². The number of esters is 2. The summed E-state index contributed by atoms with van der Waals surface area (Å²) in [4.78, 5) is 40.1. The molecule has 0 aliphatic heterocycles. The van der Waals surface area contributed by atoms with Crippen molar-refractivity contribution in [3.8, 4) is 0 Å². The number of carbonyl (C=O) groups is 3. The van der Waals surface area contributed by atoms with Crippen LogP contribution in [-0.4, -0.2) is 31.1 Å². The average molecular weight is 542 g/mol. The maximum Gasteiger partial charge on any atom is 0.348 e. The fourth-order valence-corrected chi connectivity index (χ4v) is 5.78. The quantitative estimate of drug-likeness (QED) is 0.219. The summed E-state index contributed by atoms with van der Waals surface area (Å²) in [5.74, 6) is -2.40. The van der Waals surface area contributed by atoms with Gasteiger partial charge in [-0.05, 0) is 43.0 Å². The van der Waals surface area contributed by atoms with Gasteiger partial charge in [0.05, 0.1) is 24.7 Å². The Morgan fingerprint density at radius 3 is 1.67 bits per heavy atom. The van der Waals surface area contributed by atoms with E-state index in [9.17, 15) is 14.4 Å². The van der Waals surface area contributed by atoms with Gasteiger partial charge in [0, 0.05) is 5.92 Å². The number of amides is 1. The van der Waals surface area contributed by atoms with Crippen molar-refractivity contribution in [3.63, 3.8) is 0 Å². The van der Waals surface area contributed by atoms with Gasteiger partial charge in [-0.2, -0.15) is 0 Å². The van der Waals surface area contributed by atoms with Crippen LogP contribution in [0.1, 0.15) is 68.0 Å². The Bertz CT molecular complexity index is 1380. The second kappa shape index (κ2) is 13.0. The van der Waals surface area contributed by atoms with E-state index in [-0.39, 0.29) is 40.5 Å². The lowest BCUT2D eigenvalue weighted by Gasteiger charge is -2.28. The van der Waals surface area contributed by atoms with Crippen molar-refractivity contribution in [3.05, 3.63) is 124 Å². The van der Waals surface area contributed by atoms with Gasteiger partial charge >= 0.3 is 11.9 Å². The highest BCUT2D eigenvalue weighted by Crippen LogP contribution is 2.41. The normalized spacial score (nSPS) is 11.6. The number of anilines is 1. The SMILES string of the molecule is CCOC(=O)c1sc(NC(=O)C(c2ccccc2)C(c2ccccc2)c2ccccc2)c(C(=O)OCC)c1C. The molecule has 0 aliphatic carbocycles. The summed E-state index contributed by atoms with van der Waals surface area (Å²) in [5, 5.41) is 3.26. The van der Waals surface area contributed by atoms with Crippen molar-refractivity contribution in [2.45, 2.75) is 32.6 Å². The number of thiophene rings is 1. The smallest absolute Gasteiger partial charge is 0.348 e. The molecule has 39 heavy (non-hydrogen) atoms. The molecule has 0 fully saturated rings. The van der Waals surface area contributed by atoms with Gasteiger partial charge in [-0.1, -0.05) is 91.0 Å². The third kappa shape index (κ3) is 6.26. The first-order valence-electron chi connectivity index (χ1n) is 12.9. The van der Waals surface area contributed by atoms with Crippen molar-refractivity contribution in [1.29, 1.82) is 0 Å². The van der Waals surface area contributed by atoms with Gasteiger partial charge in [-0.3, -0.25) is 4.79 Å². The van der Waals surface area contributed by atoms with Gasteiger partial charge in [0.2, 0.25) is 5.91 Å². The van der Waals surface area contributed by atoms with Gasteiger partial charge in [0.1, 0.15) is 9.88 Å². The predicted octanol–water partition coefficient (Wildman–Crippen LogP) is 6.96. The van der Waals surface area contributed by atoms with Crippen LogP contribution in [0.3, 0.4) is 0 Å². The first-order valence-corrected chi connectivity index (χ1v) is 13.7. The van der Waals surface area contributed by atoms with Gasteiger partial charge in [-0.25, -0.2) is 9.59 Å². The van der Waals surface area contributed by atoms with E-state index in [1.54, 1.807) is 20.8 Å². The third-order valence-electron chi connectivity index (χ3n) is 6.42. The lowest BCUT2D eigenvalue weighted by atomic mass is 9.76. The summed E-state index contributed by atoms with van der Waals surface area (Å²) in [6.45, 7) is 5.44. The monoisotopic (exact) mass is 541 g/mol. The molecule has 4 rings (SSSR count). The maximum absolute atomic E-state index is 14.3. The fourth-order valence-electron chi connectivity index (χ4n) is 4.69. The lowest BCUT2D eigenvalue weighted by Crippen LogP contribution is -2.27. The van der Waals surface area contributed by atoms with E-state index in [0.29, 0.717) is 5.56 Å². The van der Waals surface area contributed by atoms with E-state index in [2.05, 4.69) is 5.32 Å². The molecule has 6 nitrogen and oxygen atoms in total. The number of ether oxygens (including phenoxy) is 2. The van der Waals surface area contributed by atoms with E-state index < -0.39 is 17.9 Å². The Morgan fingerprint density at radius 1 is 0.718 bits per heavy atom. The molecule has 1 unspecified atom stereocenters. The standard InChI is InChI=1S/C32H31NO5S/c1-4-37-31(35)25-21(3)28(32(36)38-5-2)39-30(25)33-29(34)27(24-19-13-8-14-20-24)26(22-15-9-6-10-16-22)23-17-11-7-12-18-23/h6-20,26-27H,4-5H2,1-3H3,(H,33,34). The van der Waals surface area contributed by atoms with Crippen LogP contribution >= 0.6 is 11.3 Å². The molecule has 7 heteroatoms. The Labute approximate surface area is 232 Å². The number of hydrogen-bond acceptors (Lipinski definition) is 6. The molecule has 1 aromatic heterocycles. The molecular weight excluding hydrogens is 510 g/mol. The molecular formula is C32H31NO5S. The Balaban J connectivity index is 1.83. The van der Waals surface area contributed by atoms with Crippen LogP contribution in [0, 0.1) is 6.92 Å². The molecule has 0 bridgehead atoms. The minimum atomic E-state index is -0.639. The Hall–Kier alpha value is -4.23. The third-order valence-corrected chi connectivity index (χ3v) is 7.60. The minimum absolute atomic E-state index is 0.160. The zero-order valence-corrected chi connectivity index (χ0v) is 23.0. The largest absolute Gasteiger partial charge is 0.462 e. The number of nitrogens with one attached hydrogen (secondary N) is 1. The second-order valence-corrected chi connectivity index (χ2v) is 9.90. The first-order chi connectivity index (χ1) is 19.0. The molecule has 0 radical (unpaired) electrons. The molecule has 1 heterocycles. The molecule has 0 spiro atoms. The molecule has 4 aromatic rings. The molecule has 3 aromatic carbocycles. The van der Waals surface area contributed by atoms with Crippen molar-refractivity contribution in [2.75, 3.05) is 18.5 Å². The van der Waals surface area contributed by atoms with Crippen LogP contribution in [-0.2, 0) is 14.3 Å². The van der Waals surface area contributed by atoms with Crippen LogP contribution in [0.25, 0.3) is 0 Å². The molecule has 1 N–H and O–H groups in total. The number of carbonyl (C=O) groups excluding carboxylic acids is 3. The minimum Gasteiger partial charge on any atom is -0.462 e. The Kier molecular flexibility index (Phi) is 9.28. The average Bonchev–Trinajstić information content (AvgIpc) is 3.28. The van der Waals surface area contributed by atoms with Crippen LogP contribution < -0.4 is 5.32 Å². The molecule has 0 saturated carbocycles. The molecule has 200 valence electrons. The van der Waals surface area contributed by atoms with Crippen molar-refractivity contribution < 1.29 is 23.9 Å². The van der Waals surface area contributed by atoms with Crippen LogP contribution in [0.2, 0.25) is 0 Å². The van der Waals surface area contributed by atoms with Gasteiger partial charge in [0.25, 0.3) is 0 Å². The summed E-state index contributed by atoms with van der Waals surface area (Å²) >= 11 is 1.03. The zero-order chi connectivity index (χ0) is 27.8. The van der Waals surface area contributed by atoms with Gasteiger partial charge in [-0.15, -0.1) is 11.3 Å². The molecule has 1 amide bonds. The maximum atomic E-state index is 14.3. The van der Waals surface area contributed by atoms with Gasteiger partial charge < -0.3 is 14.8 Å². The number of benzene rings is 3. The highest BCUT2D eigenvalue weighted by molar-refractivity contribution is 7.18. The summed E-state index contributed by atoms with van der Waals surface area (Å²) in [7, 11) is 0. The summed E-state index contributed by atoms with van der Waals surface area (Å²) < 4.78 is 10.5.